The Kier molecular flexibility index (Phi) is 4.74. The Labute approximate surface area is 129 Å². The Bertz CT molecular complexity index is 831. The van der Waals surface area contributed by atoms with Crippen LogP contribution in [-0.2, 0) is 15.6 Å². The molecule has 0 radical (unpaired) electrons. The van der Waals surface area contributed by atoms with Gasteiger partial charge in [0.1, 0.15) is 0 Å². The van der Waals surface area contributed by atoms with E-state index in [1.807, 2.05) is 6.07 Å². The van der Waals surface area contributed by atoms with E-state index >= 15 is 0 Å². The highest BCUT2D eigenvalue weighted by Crippen LogP contribution is 2.19. The molecule has 0 amide bonds. The molecule has 0 atom stereocenters. The summed E-state index contributed by atoms with van der Waals surface area (Å²) in [6.45, 7) is 1.76. The molecular formula is C17H15NO3S. The van der Waals surface area contributed by atoms with Crippen molar-refractivity contribution in [3.63, 3.8) is 0 Å². The molecular weight excluding hydrogens is 298 g/mol. The zero-order valence-electron chi connectivity index (χ0n) is 12.1. The summed E-state index contributed by atoms with van der Waals surface area (Å²) in [5, 5.41) is 9.03. The highest BCUT2D eigenvalue weighted by molar-refractivity contribution is 7.90. The third kappa shape index (κ3) is 3.41. The van der Waals surface area contributed by atoms with Gasteiger partial charge in [0.25, 0.3) is 0 Å². The smallest absolute Gasteiger partial charge is 0.182 e. The molecule has 0 aliphatic rings. The lowest BCUT2D eigenvalue weighted by atomic mass is 10.1. The van der Waals surface area contributed by atoms with E-state index < -0.39 is 9.84 Å². The topological polar surface area (TPSA) is 75.0 Å². The molecule has 0 heterocycles. The first-order valence-corrected chi connectivity index (χ1v) is 8.47. The number of carbonyl (C=O) groups excluding carboxylic acids is 1. The van der Waals surface area contributed by atoms with Crippen LogP contribution in [0.25, 0.3) is 0 Å². The van der Waals surface area contributed by atoms with Crippen LogP contribution >= 0.6 is 0 Å². The third-order valence-corrected chi connectivity index (χ3v) is 5.02. The van der Waals surface area contributed by atoms with Crippen molar-refractivity contribution in [2.75, 3.05) is 0 Å². The molecule has 5 heteroatoms. The Balaban J connectivity index is 2.31. The van der Waals surface area contributed by atoms with Gasteiger partial charge >= 0.3 is 0 Å². The summed E-state index contributed by atoms with van der Waals surface area (Å²) in [5.41, 5.74) is 1.32. The van der Waals surface area contributed by atoms with E-state index in [4.69, 9.17) is 5.26 Å². The maximum absolute atomic E-state index is 12.4. The first-order chi connectivity index (χ1) is 10.5. The van der Waals surface area contributed by atoms with E-state index in [9.17, 15) is 13.2 Å². The zero-order valence-corrected chi connectivity index (χ0v) is 12.9. The van der Waals surface area contributed by atoms with E-state index in [1.165, 1.54) is 24.3 Å². The van der Waals surface area contributed by atoms with E-state index in [0.29, 0.717) is 23.1 Å². The summed E-state index contributed by atoms with van der Waals surface area (Å²) >= 11 is 0. The standard InChI is InChI=1S/C17H15NO3S/c1-2-17(19)13-7-9-16(10-8-13)22(20,21)12-15-6-4-3-5-14(15)11-18/h3-10H,2,12H2,1H3. The van der Waals surface area contributed by atoms with Gasteiger partial charge in [-0.05, 0) is 23.8 Å². The summed E-state index contributed by atoms with van der Waals surface area (Å²) in [7, 11) is -3.56. The van der Waals surface area contributed by atoms with Crippen LogP contribution in [0.15, 0.2) is 53.4 Å². The van der Waals surface area contributed by atoms with Crippen LogP contribution in [0, 0.1) is 11.3 Å². The summed E-state index contributed by atoms with van der Waals surface area (Å²) in [5.74, 6) is -0.267. The monoisotopic (exact) mass is 313 g/mol. The summed E-state index contributed by atoms with van der Waals surface area (Å²) in [6.07, 6.45) is 0.377. The fourth-order valence-electron chi connectivity index (χ4n) is 2.10. The molecule has 0 bridgehead atoms. The second-order valence-corrected chi connectivity index (χ2v) is 6.82. The van der Waals surface area contributed by atoms with Gasteiger partial charge < -0.3 is 0 Å². The number of rotatable bonds is 5. The van der Waals surface area contributed by atoms with Gasteiger partial charge in [0.05, 0.1) is 22.3 Å². The van der Waals surface area contributed by atoms with Crippen molar-refractivity contribution in [1.82, 2.24) is 0 Å². The quantitative estimate of drug-likeness (QED) is 0.795. The van der Waals surface area contributed by atoms with Gasteiger partial charge in [0.15, 0.2) is 15.6 Å². The minimum Gasteiger partial charge on any atom is -0.294 e. The SMILES string of the molecule is CCC(=O)c1ccc(S(=O)(=O)Cc2ccccc2C#N)cc1. The minimum atomic E-state index is -3.56. The molecule has 112 valence electrons. The molecule has 2 aromatic rings. The van der Waals surface area contributed by atoms with Gasteiger partial charge in [0.2, 0.25) is 0 Å². The van der Waals surface area contributed by atoms with E-state index in [-0.39, 0.29) is 16.4 Å². The lowest BCUT2D eigenvalue weighted by Crippen LogP contribution is -2.07. The summed E-state index contributed by atoms with van der Waals surface area (Å²) in [6, 6.07) is 14.5. The molecule has 0 aliphatic carbocycles. The average molecular weight is 313 g/mol. The Morgan fingerprint density at radius 2 is 1.73 bits per heavy atom. The predicted octanol–water partition coefficient (Wildman–Crippen LogP) is 3.12. The van der Waals surface area contributed by atoms with Gasteiger partial charge in [0, 0.05) is 12.0 Å². The normalized spacial score (nSPS) is 10.9. The third-order valence-electron chi connectivity index (χ3n) is 3.34. The van der Waals surface area contributed by atoms with E-state index in [0.717, 1.165) is 0 Å². The first-order valence-electron chi connectivity index (χ1n) is 6.82. The minimum absolute atomic E-state index is 0.0289. The van der Waals surface area contributed by atoms with Crippen LogP contribution in [0.1, 0.15) is 34.8 Å². The number of sulfone groups is 1. The zero-order chi connectivity index (χ0) is 16.2. The summed E-state index contributed by atoms with van der Waals surface area (Å²) in [4.78, 5) is 11.7. The number of carbonyl (C=O) groups is 1. The van der Waals surface area contributed by atoms with Crippen LogP contribution in [0.4, 0.5) is 0 Å². The predicted molar refractivity (Wildman–Crippen MR) is 83.1 cm³/mol. The van der Waals surface area contributed by atoms with Crippen LogP contribution in [0.5, 0.6) is 0 Å². The maximum Gasteiger partial charge on any atom is 0.182 e. The summed E-state index contributed by atoms with van der Waals surface area (Å²) < 4.78 is 24.9. The number of ketones is 1. The van der Waals surface area contributed by atoms with Crippen LogP contribution < -0.4 is 0 Å². The number of nitriles is 1. The number of benzene rings is 2. The molecule has 0 N–H and O–H groups in total. The van der Waals surface area contributed by atoms with Crippen LogP contribution in [-0.4, -0.2) is 14.2 Å². The molecule has 0 saturated carbocycles. The number of hydrogen-bond donors (Lipinski definition) is 0. The lowest BCUT2D eigenvalue weighted by molar-refractivity contribution is 0.0988. The Morgan fingerprint density at radius 1 is 1.09 bits per heavy atom. The highest BCUT2D eigenvalue weighted by Gasteiger charge is 2.17. The second-order valence-electron chi connectivity index (χ2n) is 4.83. The van der Waals surface area contributed by atoms with Gasteiger partial charge in [-0.3, -0.25) is 4.79 Å². The molecule has 2 rings (SSSR count). The van der Waals surface area contributed by atoms with E-state index in [2.05, 4.69) is 0 Å². The Morgan fingerprint density at radius 3 is 2.32 bits per heavy atom. The number of Topliss-reactive ketones (excluding diaryl/α,β-unsaturated/α-hetero) is 1. The van der Waals surface area contributed by atoms with Crippen molar-refractivity contribution in [2.24, 2.45) is 0 Å². The van der Waals surface area contributed by atoms with Crippen LogP contribution in [0.2, 0.25) is 0 Å². The highest BCUT2D eigenvalue weighted by atomic mass is 32.2. The molecule has 0 saturated heterocycles. The number of hydrogen-bond acceptors (Lipinski definition) is 4. The van der Waals surface area contributed by atoms with Crippen molar-refractivity contribution in [3.05, 3.63) is 65.2 Å². The molecule has 0 aromatic heterocycles. The first kappa shape index (κ1) is 15.9. The molecule has 0 unspecified atom stereocenters. The second kappa shape index (κ2) is 6.54. The van der Waals surface area contributed by atoms with Gasteiger partial charge in [-0.15, -0.1) is 0 Å². The van der Waals surface area contributed by atoms with Gasteiger partial charge in [-0.2, -0.15) is 5.26 Å². The largest absolute Gasteiger partial charge is 0.294 e. The van der Waals surface area contributed by atoms with Gasteiger partial charge in [-0.25, -0.2) is 8.42 Å². The van der Waals surface area contributed by atoms with Crippen LogP contribution in [0.3, 0.4) is 0 Å². The molecule has 4 nitrogen and oxygen atoms in total. The molecule has 0 fully saturated rings. The van der Waals surface area contributed by atoms with Gasteiger partial charge in [-0.1, -0.05) is 37.3 Å². The molecule has 0 aliphatic heterocycles. The fraction of sp³-hybridized carbons (Fsp3) is 0.176. The molecule has 0 spiro atoms. The fourth-order valence-corrected chi connectivity index (χ4v) is 3.47. The van der Waals surface area contributed by atoms with Crippen molar-refractivity contribution in [3.8, 4) is 6.07 Å². The molecule has 2 aromatic carbocycles. The average Bonchev–Trinajstić information content (AvgIpc) is 2.54. The maximum atomic E-state index is 12.4. The number of nitrogens with zero attached hydrogens (tertiary/aromatic N) is 1. The van der Waals surface area contributed by atoms with Crippen molar-refractivity contribution in [2.45, 2.75) is 24.0 Å². The van der Waals surface area contributed by atoms with Crippen molar-refractivity contribution in [1.29, 1.82) is 5.26 Å². The van der Waals surface area contributed by atoms with Crippen molar-refractivity contribution >= 4 is 15.6 Å². The van der Waals surface area contributed by atoms with Crippen molar-refractivity contribution < 1.29 is 13.2 Å². The Hall–Kier alpha value is -2.45. The lowest BCUT2D eigenvalue weighted by Gasteiger charge is -2.07. The van der Waals surface area contributed by atoms with E-state index in [1.54, 1.807) is 31.2 Å². The molecule has 22 heavy (non-hydrogen) atoms.